The number of aromatic nitrogens is 3. The van der Waals surface area contributed by atoms with Gasteiger partial charge in [0.25, 0.3) is 0 Å². The second kappa shape index (κ2) is 6.51. The van der Waals surface area contributed by atoms with E-state index in [1.807, 2.05) is 6.92 Å². The molecule has 1 saturated carbocycles. The highest BCUT2D eigenvalue weighted by Gasteiger charge is 2.27. The van der Waals surface area contributed by atoms with E-state index in [0.29, 0.717) is 17.9 Å². The van der Waals surface area contributed by atoms with E-state index in [1.54, 1.807) is 14.2 Å². The first kappa shape index (κ1) is 13.8. The largest absolute Gasteiger partial charge is 0.467 e. The number of hydrogen-bond acceptors (Lipinski definition) is 7. The van der Waals surface area contributed by atoms with Crippen LogP contribution in [-0.4, -0.2) is 47.9 Å². The molecular formula is C12H21N5O2. The molecule has 19 heavy (non-hydrogen) atoms. The molecule has 0 radical (unpaired) electrons. The molecule has 0 aliphatic heterocycles. The minimum Gasteiger partial charge on any atom is -0.467 e. The maximum atomic E-state index is 5.45. The van der Waals surface area contributed by atoms with Crippen LogP contribution in [0.1, 0.15) is 26.2 Å². The lowest BCUT2D eigenvalue weighted by Crippen LogP contribution is -2.30. The van der Waals surface area contributed by atoms with Gasteiger partial charge in [-0.1, -0.05) is 0 Å². The number of nitrogens with one attached hydrogen (secondary N) is 2. The second-order valence-electron chi connectivity index (χ2n) is 4.46. The third-order valence-electron chi connectivity index (χ3n) is 3.20. The lowest BCUT2D eigenvalue weighted by molar-refractivity contribution is 0.101. The second-order valence-corrected chi connectivity index (χ2v) is 4.46. The molecule has 0 saturated heterocycles. The predicted octanol–water partition coefficient (Wildman–Crippen LogP) is 1.29. The highest BCUT2D eigenvalue weighted by molar-refractivity contribution is 5.37. The summed E-state index contributed by atoms with van der Waals surface area (Å²) in [6.07, 6.45) is 3.49. The van der Waals surface area contributed by atoms with Crippen LogP contribution < -0.4 is 15.4 Å². The molecule has 2 unspecified atom stereocenters. The van der Waals surface area contributed by atoms with Crippen LogP contribution in [0, 0.1) is 0 Å². The van der Waals surface area contributed by atoms with Crippen molar-refractivity contribution in [2.24, 2.45) is 0 Å². The highest BCUT2D eigenvalue weighted by atomic mass is 16.5. The zero-order chi connectivity index (χ0) is 13.7. The van der Waals surface area contributed by atoms with Crippen molar-refractivity contribution < 1.29 is 9.47 Å². The van der Waals surface area contributed by atoms with Crippen molar-refractivity contribution in [1.29, 1.82) is 0 Å². The first-order valence-corrected chi connectivity index (χ1v) is 6.60. The van der Waals surface area contributed by atoms with E-state index in [-0.39, 0.29) is 12.1 Å². The van der Waals surface area contributed by atoms with Crippen LogP contribution in [0.2, 0.25) is 0 Å². The Bertz CT molecular complexity index is 415. The van der Waals surface area contributed by atoms with Crippen molar-refractivity contribution in [2.45, 2.75) is 38.3 Å². The Balaban J connectivity index is 2.12. The van der Waals surface area contributed by atoms with E-state index >= 15 is 0 Å². The van der Waals surface area contributed by atoms with Gasteiger partial charge in [-0.3, -0.25) is 0 Å². The van der Waals surface area contributed by atoms with Gasteiger partial charge in [0.15, 0.2) is 0 Å². The smallest absolute Gasteiger partial charge is 0.322 e. The van der Waals surface area contributed by atoms with Crippen molar-refractivity contribution in [3.8, 4) is 6.01 Å². The average molecular weight is 267 g/mol. The fraction of sp³-hybridized carbons (Fsp3) is 0.750. The van der Waals surface area contributed by atoms with Gasteiger partial charge in [0.2, 0.25) is 11.9 Å². The molecule has 1 heterocycles. The highest BCUT2D eigenvalue weighted by Crippen LogP contribution is 2.24. The lowest BCUT2D eigenvalue weighted by Gasteiger charge is -2.19. The van der Waals surface area contributed by atoms with Gasteiger partial charge in [0.1, 0.15) is 0 Å². The molecule has 7 nitrogen and oxygen atoms in total. The minimum atomic E-state index is 0.213. The van der Waals surface area contributed by atoms with Gasteiger partial charge in [-0.15, -0.1) is 0 Å². The van der Waals surface area contributed by atoms with Gasteiger partial charge in [-0.2, -0.15) is 15.0 Å². The summed E-state index contributed by atoms with van der Waals surface area (Å²) in [6, 6.07) is 0.548. The van der Waals surface area contributed by atoms with Crippen LogP contribution in [-0.2, 0) is 4.74 Å². The maximum absolute atomic E-state index is 5.45. The molecule has 2 N–H and O–H groups in total. The zero-order valence-corrected chi connectivity index (χ0v) is 11.6. The van der Waals surface area contributed by atoms with Crippen molar-refractivity contribution >= 4 is 11.9 Å². The third-order valence-corrected chi connectivity index (χ3v) is 3.20. The van der Waals surface area contributed by atoms with Crippen LogP contribution >= 0.6 is 0 Å². The van der Waals surface area contributed by atoms with Crippen LogP contribution in [0.5, 0.6) is 6.01 Å². The summed E-state index contributed by atoms with van der Waals surface area (Å²) in [5.41, 5.74) is 0. The number of hydrogen-bond donors (Lipinski definition) is 2. The Kier molecular flexibility index (Phi) is 4.73. The van der Waals surface area contributed by atoms with E-state index in [4.69, 9.17) is 9.47 Å². The summed E-state index contributed by atoms with van der Waals surface area (Å²) < 4.78 is 10.5. The van der Waals surface area contributed by atoms with Gasteiger partial charge in [-0.25, -0.2) is 0 Å². The monoisotopic (exact) mass is 267 g/mol. The van der Waals surface area contributed by atoms with E-state index in [1.165, 1.54) is 0 Å². The van der Waals surface area contributed by atoms with Gasteiger partial charge in [-0.05, 0) is 26.2 Å². The van der Waals surface area contributed by atoms with Crippen LogP contribution in [0.15, 0.2) is 0 Å². The van der Waals surface area contributed by atoms with E-state index < -0.39 is 0 Å². The minimum absolute atomic E-state index is 0.213. The van der Waals surface area contributed by atoms with Crippen molar-refractivity contribution in [3.05, 3.63) is 0 Å². The van der Waals surface area contributed by atoms with Crippen LogP contribution in [0.4, 0.5) is 11.9 Å². The Hall–Kier alpha value is -1.63. The molecule has 2 rings (SSSR count). The summed E-state index contributed by atoms with van der Waals surface area (Å²) in [6.45, 7) is 2.73. The summed E-state index contributed by atoms with van der Waals surface area (Å²) >= 11 is 0. The number of nitrogens with zero attached hydrogens (tertiary/aromatic N) is 3. The predicted molar refractivity (Wildman–Crippen MR) is 72.6 cm³/mol. The van der Waals surface area contributed by atoms with Gasteiger partial charge in [0.05, 0.1) is 19.3 Å². The third kappa shape index (κ3) is 3.44. The molecule has 1 aromatic rings. The fourth-order valence-corrected chi connectivity index (χ4v) is 2.29. The molecule has 1 aliphatic rings. The topological polar surface area (TPSA) is 81.2 Å². The van der Waals surface area contributed by atoms with Gasteiger partial charge < -0.3 is 20.1 Å². The first-order chi connectivity index (χ1) is 9.26. The molecule has 0 bridgehead atoms. The first-order valence-electron chi connectivity index (χ1n) is 6.60. The van der Waals surface area contributed by atoms with Crippen LogP contribution in [0.25, 0.3) is 0 Å². The van der Waals surface area contributed by atoms with Crippen molar-refractivity contribution in [1.82, 2.24) is 15.0 Å². The molecule has 0 amide bonds. The number of ether oxygens (including phenoxy) is 2. The van der Waals surface area contributed by atoms with Crippen LogP contribution in [0.3, 0.4) is 0 Å². The quantitative estimate of drug-likeness (QED) is 0.803. The molecule has 7 heteroatoms. The summed E-state index contributed by atoms with van der Waals surface area (Å²) in [5, 5.41) is 6.37. The normalized spacial score (nSPS) is 22.3. The Labute approximate surface area is 113 Å². The number of rotatable bonds is 6. The van der Waals surface area contributed by atoms with Crippen molar-refractivity contribution in [2.75, 3.05) is 31.4 Å². The van der Waals surface area contributed by atoms with Gasteiger partial charge in [0, 0.05) is 13.7 Å². The number of anilines is 2. The van der Waals surface area contributed by atoms with E-state index in [2.05, 4.69) is 25.6 Å². The maximum Gasteiger partial charge on any atom is 0.322 e. The Morgan fingerprint density at radius 2 is 1.95 bits per heavy atom. The Morgan fingerprint density at radius 1 is 1.16 bits per heavy atom. The van der Waals surface area contributed by atoms with E-state index in [9.17, 15) is 0 Å². The number of methoxy groups -OCH3 is 2. The average Bonchev–Trinajstić information content (AvgIpc) is 2.86. The Morgan fingerprint density at radius 3 is 2.63 bits per heavy atom. The molecule has 2 atom stereocenters. The molecule has 1 fully saturated rings. The molecule has 1 aliphatic carbocycles. The summed E-state index contributed by atoms with van der Waals surface area (Å²) in [7, 11) is 3.28. The van der Waals surface area contributed by atoms with Crippen molar-refractivity contribution in [3.63, 3.8) is 0 Å². The summed E-state index contributed by atoms with van der Waals surface area (Å²) in [4.78, 5) is 12.7. The zero-order valence-electron chi connectivity index (χ0n) is 11.6. The molecule has 1 aromatic heterocycles. The fourth-order valence-electron chi connectivity index (χ4n) is 2.29. The standard InChI is InChI=1S/C12H21N5O2/c1-4-13-10-15-11(17-12(16-10)19-3)14-8-6-5-7-9(8)18-2/h8-9H,4-7H2,1-3H3,(H2,13,14,15,16,17). The molecule has 0 spiro atoms. The summed E-state index contributed by atoms with van der Waals surface area (Å²) in [5.74, 6) is 1.04. The molecule has 0 aromatic carbocycles. The lowest BCUT2D eigenvalue weighted by atomic mass is 10.2. The SMILES string of the molecule is CCNc1nc(NC2CCCC2OC)nc(OC)n1. The van der Waals surface area contributed by atoms with Gasteiger partial charge >= 0.3 is 6.01 Å². The van der Waals surface area contributed by atoms with E-state index in [0.717, 1.165) is 25.8 Å². The molecule has 106 valence electrons. The molecular weight excluding hydrogens is 246 g/mol.